The summed E-state index contributed by atoms with van der Waals surface area (Å²) >= 11 is 0. The van der Waals surface area contributed by atoms with E-state index in [0.717, 1.165) is 18.8 Å². The molecule has 0 aliphatic rings. The average Bonchev–Trinajstić information content (AvgIpc) is 2.27. The highest BCUT2D eigenvalue weighted by Gasteiger charge is 2.09. The predicted octanol–water partition coefficient (Wildman–Crippen LogP) is 1.37. The first-order valence-electron chi connectivity index (χ1n) is 5.90. The summed E-state index contributed by atoms with van der Waals surface area (Å²) in [6, 6.07) is 1.84. The number of likely N-dealkylation sites (N-methyl/N-ethyl adjacent to an activating group) is 1. The smallest absolute Gasteiger partial charge is 0.241 e. The zero-order chi connectivity index (χ0) is 12.8. The number of hydrogen-bond acceptors (Lipinski definition) is 4. The van der Waals surface area contributed by atoms with Crippen LogP contribution in [-0.4, -0.2) is 40.4 Å². The highest BCUT2D eigenvalue weighted by Crippen LogP contribution is 2.05. The molecule has 1 heterocycles. The molecule has 0 spiro atoms. The molecule has 0 aliphatic heterocycles. The maximum Gasteiger partial charge on any atom is 0.241 e. The van der Waals surface area contributed by atoms with Crippen LogP contribution in [0.4, 0.5) is 5.82 Å². The molecule has 5 heteroatoms. The Labute approximate surface area is 102 Å². The van der Waals surface area contributed by atoms with Gasteiger partial charge in [0.15, 0.2) is 0 Å². The molecule has 5 nitrogen and oxygen atoms in total. The Hall–Kier alpha value is -1.65. The highest BCUT2D eigenvalue weighted by atomic mass is 16.2. The number of amides is 1. The van der Waals surface area contributed by atoms with Gasteiger partial charge in [-0.25, -0.2) is 9.97 Å². The van der Waals surface area contributed by atoms with Crippen LogP contribution in [0.3, 0.4) is 0 Å². The molecule has 1 aromatic heterocycles. The van der Waals surface area contributed by atoms with Crippen molar-refractivity contribution in [3.05, 3.63) is 17.6 Å². The van der Waals surface area contributed by atoms with Crippen molar-refractivity contribution in [1.29, 1.82) is 0 Å². The lowest BCUT2D eigenvalue weighted by Crippen LogP contribution is -2.35. The van der Waals surface area contributed by atoms with E-state index in [-0.39, 0.29) is 12.5 Å². The van der Waals surface area contributed by atoms with Gasteiger partial charge in [-0.05, 0) is 27.7 Å². The lowest BCUT2D eigenvalue weighted by molar-refractivity contribution is -0.128. The van der Waals surface area contributed by atoms with E-state index in [1.807, 2.05) is 33.8 Å². The Kier molecular flexibility index (Phi) is 4.87. The van der Waals surface area contributed by atoms with Gasteiger partial charge in [0.05, 0.1) is 6.54 Å². The van der Waals surface area contributed by atoms with Gasteiger partial charge in [0, 0.05) is 24.8 Å². The molecule has 0 atom stereocenters. The fraction of sp³-hybridized carbons (Fsp3) is 0.583. The van der Waals surface area contributed by atoms with Crippen LogP contribution in [0, 0.1) is 13.8 Å². The second-order valence-electron chi connectivity index (χ2n) is 3.86. The van der Waals surface area contributed by atoms with Crippen molar-refractivity contribution in [1.82, 2.24) is 14.9 Å². The van der Waals surface area contributed by atoms with Crippen molar-refractivity contribution in [2.24, 2.45) is 0 Å². The molecule has 1 amide bonds. The molecule has 1 N–H and O–H groups in total. The van der Waals surface area contributed by atoms with Gasteiger partial charge in [0.1, 0.15) is 11.6 Å². The Bertz CT molecular complexity index is 368. The van der Waals surface area contributed by atoms with E-state index in [0.29, 0.717) is 11.6 Å². The van der Waals surface area contributed by atoms with Crippen molar-refractivity contribution in [3.8, 4) is 0 Å². The summed E-state index contributed by atoms with van der Waals surface area (Å²) < 4.78 is 0. The van der Waals surface area contributed by atoms with Gasteiger partial charge in [-0.15, -0.1) is 0 Å². The van der Waals surface area contributed by atoms with Gasteiger partial charge < -0.3 is 10.2 Å². The first-order chi connectivity index (χ1) is 8.06. The van der Waals surface area contributed by atoms with Crippen molar-refractivity contribution >= 4 is 11.7 Å². The van der Waals surface area contributed by atoms with Gasteiger partial charge in [0.25, 0.3) is 0 Å². The van der Waals surface area contributed by atoms with Crippen LogP contribution in [0.5, 0.6) is 0 Å². The van der Waals surface area contributed by atoms with Gasteiger partial charge in [-0.3, -0.25) is 4.79 Å². The summed E-state index contributed by atoms with van der Waals surface area (Å²) in [6.45, 7) is 9.44. The zero-order valence-electron chi connectivity index (χ0n) is 10.9. The average molecular weight is 236 g/mol. The second-order valence-corrected chi connectivity index (χ2v) is 3.86. The van der Waals surface area contributed by atoms with E-state index in [1.54, 1.807) is 4.90 Å². The van der Waals surface area contributed by atoms with Crippen LogP contribution in [0.25, 0.3) is 0 Å². The Morgan fingerprint density at radius 1 is 1.29 bits per heavy atom. The molecule has 1 aromatic rings. The van der Waals surface area contributed by atoms with Crippen molar-refractivity contribution in [3.63, 3.8) is 0 Å². The van der Waals surface area contributed by atoms with Gasteiger partial charge in [0.2, 0.25) is 5.91 Å². The predicted molar refractivity (Wildman–Crippen MR) is 67.9 cm³/mol. The third-order valence-electron chi connectivity index (χ3n) is 2.50. The van der Waals surface area contributed by atoms with Gasteiger partial charge in [-0.2, -0.15) is 0 Å². The van der Waals surface area contributed by atoms with Crippen LogP contribution in [-0.2, 0) is 4.79 Å². The number of carbonyl (C=O) groups is 1. The van der Waals surface area contributed by atoms with E-state index in [4.69, 9.17) is 0 Å². The minimum Gasteiger partial charge on any atom is -0.361 e. The summed E-state index contributed by atoms with van der Waals surface area (Å²) in [4.78, 5) is 22.0. The fourth-order valence-electron chi connectivity index (χ4n) is 1.66. The van der Waals surface area contributed by atoms with E-state index in [2.05, 4.69) is 15.3 Å². The van der Waals surface area contributed by atoms with Crippen LogP contribution in [0.15, 0.2) is 6.07 Å². The molecule has 0 fully saturated rings. The Balaban J connectivity index is 2.58. The van der Waals surface area contributed by atoms with Crippen molar-refractivity contribution in [2.75, 3.05) is 25.0 Å². The number of hydrogen-bond donors (Lipinski definition) is 1. The molecule has 0 aliphatic carbocycles. The molecule has 0 saturated heterocycles. The van der Waals surface area contributed by atoms with Gasteiger partial charge >= 0.3 is 0 Å². The zero-order valence-corrected chi connectivity index (χ0v) is 10.9. The maximum atomic E-state index is 11.8. The molecule has 17 heavy (non-hydrogen) atoms. The molecule has 0 radical (unpaired) electrons. The summed E-state index contributed by atoms with van der Waals surface area (Å²) in [5.41, 5.74) is 0.898. The summed E-state index contributed by atoms with van der Waals surface area (Å²) in [7, 11) is 0. The van der Waals surface area contributed by atoms with Crippen molar-refractivity contribution < 1.29 is 4.79 Å². The standard InChI is InChI=1S/C12H20N4O/c1-5-16(6-2)12(17)8-13-11-7-9(3)14-10(4)15-11/h7H,5-6,8H2,1-4H3,(H,13,14,15). The molecular formula is C12H20N4O. The molecule has 1 rings (SSSR count). The third-order valence-corrected chi connectivity index (χ3v) is 2.50. The van der Waals surface area contributed by atoms with Gasteiger partial charge in [-0.1, -0.05) is 0 Å². The number of aryl methyl sites for hydroxylation is 2. The second kappa shape index (κ2) is 6.18. The summed E-state index contributed by atoms with van der Waals surface area (Å²) in [6.07, 6.45) is 0. The summed E-state index contributed by atoms with van der Waals surface area (Å²) in [5.74, 6) is 1.50. The maximum absolute atomic E-state index is 11.8. The van der Waals surface area contributed by atoms with E-state index in [1.165, 1.54) is 0 Å². The quantitative estimate of drug-likeness (QED) is 0.839. The minimum atomic E-state index is 0.0870. The topological polar surface area (TPSA) is 58.1 Å². The number of rotatable bonds is 5. The van der Waals surface area contributed by atoms with Crippen LogP contribution >= 0.6 is 0 Å². The van der Waals surface area contributed by atoms with E-state index >= 15 is 0 Å². The lowest BCUT2D eigenvalue weighted by atomic mass is 10.4. The molecule has 0 aromatic carbocycles. The Morgan fingerprint density at radius 3 is 2.47 bits per heavy atom. The van der Waals surface area contributed by atoms with Crippen LogP contribution in [0.2, 0.25) is 0 Å². The third kappa shape index (κ3) is 4.01. The lowest BCUT2D eigenvalue weighted by Gasteiger charge is -2.18. The number of nitrogens with one attached hydrogen (secondary N) is 1. The van der Waals surface area contributed by atoms with Crippen LogP contribution < -0.4 is 5.32 Å². The summed E-state index contributed by atoms with van der Waals surface area (Å²) in [5, 5.41) is 3.03. The molecule has 0 unspecified atom stereocenters. The monoisotopic (exact) mass is 236 g/mol. The Morgan fingerprint density at radius 2 is 1.94 bits per heavy atom. The first-order valence-corrected chi connectivity index (χ1v) is 5.90. The molecular weight excluding hydrogens is 216 g/mol. The molecule has 0 bridgehead atoms. The molecule has 94 valence electrons. The van der Waals surface area contributed by atoms with E-state index < -0.39 is 0 Å². The van der Waals surface area contributed by atoms with Crippen molar-refractivity contribution in [2.45, 2.75) is 27.7 Å². The largest absolute Gasteiger partial charge is 0.361 e. The van der Waals surface area contributed by atoms with Crippen LogP contribution in [0.1, 0.15) is 25.4 Å². The minimum absolute atomic E-state index is 0.0870. The number of aromatic nitrogens is 2. The number of anilines is 1. The fourth-order valence-corrected chi connectivity index (χ4v) is 1.66. The number of carbonyl (C=O) groups excluding carboxylic acids is 1. The molecule has 0 saturated carbocycles. The normalized spacial score (nSPS) is 10.1. The number of nitrogens with zero attached hydrogens (tertiary/aromatic N) is 3. The van der Waals surface area contributed by atoms with E-state index in [9.17, 15) is 4.79 Å². The SMILES string of the molecule is CCN(CC)C(=O)CNc1cc(C)nc(C)n1. The highest BCUT2D eigenvalue weighted by molar-refractivity contribution is 5.80. The first kappa shape index (κ1) is 13.4.